The number of amides is 3. The van der Waals surface area contributed by atoms with Gasteiger partial charge in [-0.25, -0.2) is 0 Å². The summed E-state index contributed by atoms with van der Waals surface area (Å²) < 4.78 is 5.32. The molecular formula is C19H24N2O4. The van der Waals surface area contributed by atoms with Crippen LogP contribution in [0.2, 0.25) is 0 Å². The number of methoxy groups -OCH3 is 1. The molecule has 1 saturated carbocycles. The Balaban J connectivity index is 1.87. The smallest absolute Gasteiger partial charge is 0.234 e. The standard InChI is InChI=1S/C19H24N2O4/c1-12-8-9-14-15(10-12)19(24)21(18(14)23)11-20(13(2)22)16-6-4-5-7-17(16)25-3/h4-7,12,14-15H,8-11H2,1-3H3/t12-,14-,15-/m1/s1. The number of nitrogens with zero attached hydrogens (tertiary/aromatic N) is 2. The third-order valence-corrected chi connectivity index (χ3v) is 5.32. The van der Waals surface area contributed by atoms with E-state index in [0.29, 0.717) is 17.4 Å². The lowest BCUT2D eigenvalue weighted by molar-refractivity contribution is -0.140. The number of fused-ring (bicyclic) bond motifs is 1. The number of likely N-dealkylation sites (tertiary alicyclic amines) is 1. The third kappa shape index (κ3) is 3.13. The Bertz CT molecular complexity index is 702. The summed E-state index contributed by atoms with van der Waals surface area (Å²) in [5, 5.41) is 0. The monoisotopic (exact) mass is 344 g/mol. The largest absolute Gasteiger partial charge is 0.495 e. The number of rotatable bonds is 4. The van der Waals surface area contributed by atoms with Crippen LogP contribution in [0.5, 0.6) is 5.75 Å². The van der Waals surface area contributed by atoms with Gasteiger partial charge >= 0.3 is 0 Å². The summed E-state index contributed by atoms with van der Waals surface area (Å²) in [6.07, 6.45) is 2.47. The maximum absolute atomic E-state index is 12.8. The van der Waals surface area contributed by atoms with Gasteiger partial charge in [0.15, 0.2) is 0 Å². The fourth-order valence-electron chi connectivity index (χ4n) is 3.94. The Hall–Kier alpha value is -2.37. The molecule has 0 spiro atoms. The zero-order valence-corrected chi connectivity index (χ0v) is 14.9. The number of benzene rings is 1. The van der Waals surface area contributed by atoms with Crippen LogP contribution in [0.1, 0.15) is 33.1 Å². The molecule has 25 heavy (non-hydrogen) atoms. The molecule has 3 atom stereocenters. The number of carbonyl (C=O) groups is 3. The quantitative estimate of drug-likeness (QED) is 0.787. The van der Waals surface area contributed by atoms with Gasteiger partial charge < -0.3 is 4.74 Å². The molecule has 3 rings (SSSR count). The van der Waals surface area contributed by atoms with Gasteiger partial charge in [-0.15, -0.1) is 0 Å². The molecular weight excluding hydrogens is 320 g/mol. The van der Waals surface area contributed by atoms with Crippen LogP contribution in [0.25, 0.3) is 0 Å². The summed E-state index contributed by atoms with van der Waals surface area (Å²) in [5.74, 6) is -0.0177. The highest BCUT2D eigenvalue weighted by Gasteiger charge is 2.50. The summed E-state index contributed by atoms with van der Waals surface area (Å²) in [4.78, 5) is 40.4. The molecule has 6 nitrogen and oxygen atoms in total. The molecule has 6 heteroatoms. The Labute approximate surface area is 147 Å². The van der Waals surface area contributed by atoms with Crippen LogP contribution in [-0.4, -0.2) is 36.4 Å². The van der Waals surface area contributed by atoms with Gasteiger partial charge in [0.2, 0.25) is 17.7 Å². The Morgan fingerprint density at radius 2 is 1.88 bits per heavy atom. The molecule has 0 unspecified atom stereocenters. The minimum Gasteiger partial charge on any atom is -0.495 e. The first-order valence-corrected chi connectivity index (χ1v) is 8.70. The van der Waals surface area contributed by atoms with Gasteiger partial charge in [0.05, 0.1) is 24.6 Å². The van der Waals surface area contributed by atoms with Gasteiger partial charge in [-0.2, -0.15) is 0 Å². The van der Waals surface area contributed by atoms with E-state index in [4.69, 9.17) is 4.74 Å². The van der Waals surface area contributed by atoms with Crippen molar-refractivity contribution in [3.63, 3.8) is 0 Å². The molecule has 0 N–H and O–H groups in total. The molecule has 3 amide bonds. The lowest BCUT2D eigenvalue weighted by Gasteiger charge is -2.27. The van der Waals surface area contributed by atoms with Crippen molar-refractivity contribution < 1.29 is 19.1 Å². The number of anilines is 1. The maximum atomic E-state index is 12.8. The van der Waals surface area contributed by atoms with E-state index < -0.39 is 0 Å². The predicted octanol–water partition coefficient (Wildman–Crippen LogP) is 2.43. The SMILES string of the molecule is COc1ccccc1N(CN1C(=O)[C@@H]2CC[C@@H](C)C[C@H]2C1=O)C(C)=O. The molecule has 1 aliphatic heterocycles. The van der Waals surface area contributed by atoms with E-state index in [2.05, 4.69) is 6.92 Å². The van der Waals surface area contributed by atoms with Gasteiger partial charge in [0.25, 0.3) is 0 Å². The van der Waals surface area contributed by atoms with E-state index in [9.17, 15) is 14.4 Å². The van der Waals surface area contributed by atoms with E-state index in [1.54, 1.807) is 18.2 Å². The van der Waals surface area contributed by atoms with Gasteiger partial charge in [0.1, 0.15) is 12.4 Å². The topological polar surface area (TPSA) is 66.9 Å². The number of hydrogen-bond donors (Lipinski definition) is 0. The second kappa shape index (κ2) is 6.86. The average molecular weight is 344 g/mol. The summed E-state index contributed by atoms with van der Waals surface area (Å²) in [5.41, 5.74) is 0.557. The molecule has 2 fully saturated rings. The predicted molar refractivity (Wildman–Crippen MR) is 92.9 cm³/mol. The number of para-hydroxylation sites is 2. The summed E-state index contributed by atoms with van der Waals surface area (Å²) in [6.45, 7) is 3.48. The van der Waals surface area contributed by atoms with Crippen molar-refractivity contribution in [3.8, 4) is 5.75 Å². The first-order valence-electron chi connectivity index (χ1n) is 8.70. The second-order valence-corrected chi connectivity index (χ2v) is 7.00. The van der Waals surface area contributed by atoms with Crippen LogP contribution < -0.4 is 9.64 Å². The van der Waals surface area contributed by atoms with Crippen molar-refractivity contribution in [2.45, 2.75) is 33.1 Å². The van der Waals surface area contributed by atoms with Gasteiger partial charge in [-0.05, 0) is 37.3 Å². The number of hydrogen-bond acceptors (Lipinski definition) is 4. The molecule has 2 aliphatic rings. The zero-order valence-electron chi connectivity index (χ0n) is 14.9. The lowest BCUT2D eigenvalue weighted by Crippen LogP contribution is -2.44. The number of imide groups is 1. The maximum Gasteiger partial charge on any atom is 0.234 e. The first kappa shape index (κ1) is 17.5. The average Bonchev–Trinajstić information content (AvgIpc) is 2.83. The molecule has 0 bridgehead atoms. The highest BCUT2D eigenvalue weighted by atomic mass is 16.5. The second-order valence-electron chi connectivity index (χ2n) is 7.00. The molecule has 1 saturated heterocycles. The van der Waals surface area contributed by atoms with Crippen molar-refractivity contribution >= 4 is 23.4 Å². The van der Waals surface area contributed by atoms with Gasteiger partial charge in [-0.1, -0.05) is 19.1 Å². The Morgan fingerprint density at radius 1 is 1.20 bits per heavy atom. The molecule has 1 aliphatic carbocycles. The molecule has 0 aromatic heterocycles. The highest BCUT2D eigenvalue weighted by molar-refractivity contribution is 6.06. The van der Waals surface area contributed by atoms with Crippen molar-refractivity contribution in [1.82, 2.24) is 4.90 Å². The molecule has 1 aromatic rings. The number of carbonyl (C=O) groups excluding carboxylic acids is 3. The van der Waals surface area contributed by atoms with E-state index in [1.807, 2.05) is 6.07 Å². The van der Waals surface area contributed by atoms with Crippen molar-refractivity contribution in [2.24, 2.45) is 17.8 Å². The van der Waals surface area contributed by atoms with E-state index in [1.165, 1.54) is 23.8 Å². The van der Waals surface area contributed by atoms with Gasteiger partial charge in [0, 0.05) is 6.92 Å². The van der Waals surface area contributed by atoms with Crippen LogP contribution >= 0.6 is 0 Å². The fraction of sp³-hybridized carbons (Fsp3) is 0.526. The molecule has 1 heterocycles. The lowest BCUT2D eigenvalue weighted by atomic mass is 9.76. The first-order chi connectivity index (χ1) is 11.9. The fourth-order valence-corrected chi connectivity index (χ4v) is 3.94. The van der Waals surface area contributed by atoms with Crippen molar-refractivity contribution in [3.05, 3.63) is 24.3 Å². The Kier molecular flexibility index (Phi) is 4.79. The van der Waals surface area contributed by atoms with E-state index >= 15 is 0 Å². The summed E-state index contributed by atoms with van der Waals surface area (Å²) in [6, 6.07) is 7.10. The van der Waals surface area contributed by atoms with Crippen LogP contribution in [-0.2, 0) is 14.4 Å². The summed E-state index contributed by atoms with van der Waals surface area (Å²) in [7, 11) is 1.53. The normalized spacial score (nSPS) is 25.7. The summed E-state index contributed by atoms with van der Waals surface area (Å²) >= 11 is 0. The molecule has 134 valence electrons. The highest BCUT2D eigenvalue weighted by Crippen LogP contribution is 2.41. The zero-order chi connectivity index (χ0) is 18.1. The van der Waals surface area contributed by atoms with Crippen molar-refractivity contribution in [1.29, 1.82) is 0 Å². The van der Waals surface area contributed by atoms with Crippen LogP contribution in [0.3, 0.4) is 0 Å². The Morgan fingerprint density at radius 3 is 2.56 bits per heavy atom. The van der Waals surface area contributed by atoms with Crippen LogP contribution in [0, 0.1) is 17.8 Å². The van der Waals surface area contributed by atoms with Crippen LogP contribution in [0.15, 0.2) is 24.3 Å². The molecule has 0 radical (unpaired) electrons. The van der Waals surface area contributed by atoms with E-state index in [0.717, 1.165) is 19.3 Å². The van der Waals surface area contributed by atoms with Crippen LogP contribution in [0.4, 0.5) is 5.69 Å². The minimum absolute atomic E-state index is 0.0608. The van der Waals surface area contributed by atoms with Gasteiger partial charge in [-0.3, -0.25) is 24.2 Å². The van der Waals surface area contributed by atoms with Crippen molar-refractivity contribution in [2.75, 3.05) is 18.7 Å². The van der Waals surface area contributed by atoms with E-state index in [-0.39, 0.29) is 36.2 Å². The number of ether oxygens (including phenoxy) is 1. The minimum atomic E-state index is -0.242. The third-order valence-electron chi connectivity index (χ3n) is 5.32. The molecule has 1 aromatic carbocycles.